The molecule has 1 aliphatic rings. The van der Waals surface area contributed by atoms with Gasteiger partial charge in [0.1, 0.15) is 5.75 Å². The summed E-state index contributed by atoms with van der Waals surface area (Å²) in [6.07, 6.45) is 0.733. The molecule has 0 saturated carbocycles. The molecule has 1 aliphatic heterocycles. The van der Waals surface area contributed by atoms with E-state index in [0.29, 0.717) is 25.2 Å². The summed E-state index contributed by atoms with van der Waals surface area (Å²) in [4.78, 5) is 18.8. The van der Waals surface area contributed by atoms with Crippen LogP contribution in [0, 0.1) is 13.8 Å². The maximum absolute atomic E-state index is 13.4. The molecule has 1 atom stereocenters. The van der Waals surface area contributed by atoms with E-state index in [9.17, 15) is 4.79 Å². The van der Waals surface area contributed by atoms with E-state index in [4.69, 9.17) is 14.2 Å². The second-order valence-corrected chi connectivity index (χ2v) is 10.7. The predicted molar refractivity (Wildman–Crippen MR) is 159 cm³/mol. The Morgan fingerprint density at radius 2 is 1.79 bits per heavy atom. The van der Waals surface area contributed by atoms with Crippen LogP contribution in [0.4, 0.5) is 0 Å². The molecule has 6 rings (SSSR count). The highest BCUT2D eigenvalue weighted by Crippen LogP contribution is 2.34. The molecule has 0 amide bonds. The van der Waals surface area contributed by atoms with Gasteiger partial charge in [-0.15, -0.1) is 5.10 Å². The SMILES string of the molecule is CC[C@H](c1nnnn1Cc1ccc(OC)cc1)N(Cc1ccc2c(c1)OCO2)Cc1cc2c(C)cc(C)cc2[nH]c1=O. The number of tetrazole rings is 1. The Balaban J connectivity index is 1.37. The zero-order chi connectivity index (χ0) is 29.2. The molecule has 42 heavy (non-hydrogen) atoms. The number of aromatic amines is 1. The van der Waals surface area contributed by atoms with Gasteiger partial charge in [-0.2, -0.15) is 0 Å². The summed E-state index contributed by atoms with van der Waals surface area (Å²) in [5, 5.41) is 13.9. The zero-order valence-corrected chi connectivity index (χ0v) is 24.3. The fraction of sp³-hybridized carbons (Fsp3) is 0.312. The van der Waals surface area contributed by atoms with Crippen molar-refractivity contribution in [2.24, 2.45) is 0 Å². The van der Waals surface area contributed by atoms with Gasteiger partial charge in [0.25, 0.3) is 5.56 Å². The molecule has 0 fully saturated rings. The number of pyridine rings is 1. The number of nitrogens with one attached hydrogen (secondary N) is 1. The monoisotopic (exact) mass is 566 g/mol. The van der Waals surface area contributed by atoms with E-state index in [0.717, 1.165) is 62.7 Å². The number of rotatable bonds is 10. The van der Waals surface area contributed by atoms with Crippen LogP contribution in [0.2, 0.25) is 0 Å². The normalized spacial score (nSPS) is 13.2. The Morgan fingerprint density at radius 1 is 1.00 bits per heavy atom. The van der Waals surface area contributed by atoms with Gasteiger partial charge in [0.15, 0.2) is 17.3 Å². The first-order valence-corrected chi connectivity index (χ1v) is 14.1. The first-order chi connectivity index (χ1) is 20.4. The van der Waals surface area contributed by atoms with Crippen LogP contribution in [0.1, 0.15) is 53.0 Å². The number of aromatic nitrogens is 5. The van der Waals surface area contributed by atoms with Gasteiger partial charge in [-0.25, -0.2) is 4.68 Å². The van der Waals surface area contributed by atoms with E-state index in [1.807, 2.05) is 66.2 Å². The number of ether oxygens (including phenoxy) is 3. The van der Waals surface area contributed by atoms with Crippen molar-refractivity contribution >= 4 is 10.9 Å². The maximum Gasteiger partial charge on any atom is 0.252 e. The highest BCUT2D eigenvalue weighted by molar-refractivity contribution is 5.83. The van der Waals surface area contributed by atoms with Crippen molar-refractivity contribution < 1.29 is 14.2 Å². The van der Waals surface area contributed by atoms with Crippen molar-refractivity contribution in [2.75, 3.05) is 13.9 Å². The Morgan fingerprint density at radius 3 is 2.57 bits per heavy atom. The Bertz CT molecular complexity index is 1780. The van der Waals surface area contributed by atoms with Crippen molar-refractivity contribution in [3.8, 4) is 17.2 Å². The van der Waals surface area contributed by atoms with Crippen LogP contribution in [0.5, 0.6) is 17.2 Å². The molecule has 216 valence electrons. The van der Waals surface area contributed by atoms with Gasteiger partial charge in [0.2, 0.25) is 6.79 Å². The average Bonchev–Trinajstić information content (AvgIpc) is 3.64. The van der Waals surface area contributed by atoms with Gasteiger partial charge in [-0.1, -0.05) is 31.2 Å². The Kier molecular flexibility index (Phi) is 7.62. The predicted octanol–water partition coefficient (Wildman–Crippen LogP) is 5.07. The molecule has 5 aromatic rings. The second-order valence-electron chi connectivity index (χ2n) is 10.7. The van der Waals surface area contributed by atoms with Gasteiger partial charge in [-0.05, 0) is 89.3 Å². The average molecular weight is 567 g/mol. The van der Waals surface area contributed by atoms with E-state index in [-0.39, 0.29) is 18.4 Å². The molecular weight excluding hydrogens is 532 g/mol. The second kappa shape index (κ2) is 11.7. The summed E-state index contributed by atoms with van der Waals surface area (Å²) in [6, 6.07) is 19.8. The molecule has 1 N–H and O–H groups in total. The van der Waals surface area contributed by atoms with E-state index in [1.165, 1.54) is 0 Å². The van der Waals surface area contributed by atoms with Gasteiger partial charge < -0.3 is 19.2 Å². The number of aryl methyl sites for hydroxylation is 2. The summed E-state index contributed by atoms with van der Waals surface area (Å²) < 4.78 is 18.3. The lowest BCUT2D eigenvalue weighted by atomic mass is 10.0. The zero-order valence-electron chi connectivity index (χ0n) is 24.3. The van der Waals surface area contributed by atoms with Crippen LogP contribution in [0.15, 0.2) is 65.5 Å². The van der Waals surface area contributed by atoms with Crippen molar-refractivity contribution in [1.82, 2.24) is 30.1 Å². The topological polar surface area (TPSA) is 107 Å². The third-order valence-corrected chi connectivity index (χ3v) is 7.76. The van der Waals surface area contributed by atoms with E-state index in [1.54, 1.807) is 7.11 Å². The van der Waals surface area contributed by atoms with Crippen LogP contribution >= 0.6 is 0 Å². The van der Waals surface area contributed by atoms with Crippen LogP contribution in [0.3, 0.4) is 0 Å². The number of fused-ring (bicyclic) bond motifs is 2. The minimum absolute atomic E-state index is 0.101. The largest absolute Gasteiger partial charge is 0.497 e. The van der Waals surface area contributed by atoms with Crippen molar-refractivity contribution in [1.29, 1.82) is 0 Å². The molecule has 0 bridgehead atoms. The molecule has 3 heterocycles. The quantitative estimate of drug-likeness (QED) is 0.250. The third-order valence-electron chi connectivity index (χ3n) is 7.76. The molecular formula is C32H34N6O4. The Labute approximate surface area is 243 Å². The summed E-state index contributed by atoms with van der Waals surface area (Å²) in [5.41, 5.74) is 5.76. The number of H-pyrrole nitrogens is 1. The van der Waals surface area contributed by atoms with Crippen LogP contribution in [-0.4, -0.2) is 44.0 Å². The molecule has 10 heteroatoms. The lowest BCUT2D eigenvalue weighted by Gasteiger charge is -2.30. The molecule has 10 nitrogen and oxygen atoms in total. The van der Waals surface area contributed by atoms with Gasteiger partial charge >= 0.3 is 0 Å². The lowest BCUT2D eigenvalue weighted by Crippen LogP contribution is -2.32. The summed E-state index contributed by atoms with van der Waals surface area (Å²) in [6.45, 7) is 7.90. The fourth-order valence-corrected chi connectivity index (χ4v) is 5.67. The maximum atomic E-state index is 13.4. The number of nitrogens with zero attached hydrogens (tertiary/aromatic N) is 5. The summed E-state index contributed by atoms with van der Waals surface area (Å²) in [7, 11) is 1.65. The number of hydrogen-bond acceptors (Lipinski definition) is 8. The minimum Gasteiger partial charge on any atom is -0.497 e. The number of hydrogen-bond donors (Lipinski definition) is 1. The van der Waals surface area contributed by atoms with Crippen molar-refractivity contribution in [3.05, 3.63) is 105 Å². The van der Waals surface area contributed by atoms with Gasteiger partial charge in [-0.3, -0.25) is 9.69 Å². The third kappa shape index (κ3) is 5.58. The fourth-order valence-electron chi connectivity index (χ4n) is 5.67. The number of methoxy groups -OCH3 is 1. The highest BCUT2D eigenvalue weighted by Gasteiger charge is 2.27. The standard InChI is InChI=1S/C32H34N6O4/c1-5-28(31-34-35-36-38(31)17-22-6-9-25(40-4)10-7-22)37(16-23-8-11-29-30(14-23)42-19-41-29)18-24-15-26-21(3)12-20(2)13-27(26)33-32(24)39/h6-15,28H,5,16-19H2,1-4H3,(H,33,39)/t28-/m1/s1. The molecule has 2 aromatic heterocycles. The molecule has 0 radical (unpaired) electrons. The highest BCUT2D eigenvalue weighted by atomic mass is 16.7. The lowest BCUT2D eigenvalue weighted by molar-refractivity contribution is 0.161. The molecule has 0 saturated heterocycles. The van der Waals surface area contributed by atoms with E-state index >= 15 is 0 Å². The smallest absolute Gasteiger partial charge is 0.252 e. The molecule has 3 aromatic carbocycles. The first kappa shape index (κ1) is 27.5. The minimum atomic E-state index is -0.169. The van der Waals surface area contributed by atoms with Gasteiger partial charge in [0.05, 0.1) is 19.7 Å². The molecule has 0 unspecified atom stereocenters. The van der Waals surface area contributed by atoms with E-state index in [2.05, 4.69) is 45.3 Å². The van der Waals surface area contributed by atoms with Crippen LogP contribution in [-0.2, 0) is 19.6 Å². The Hall–Kier alpha value is -4.70. The number of benzene rings is 3. The molecule has 0 spiro atoms. The molecule has 0 aliphatic carbocycles. The van der Waals surface area contributed by atoms with Crippen molar-refractivity contribution in [3.63, 3.8) is 0 Å². The first-order valence-electron chi connectivity index (χ1n) is 14.1. The summed E-state index contributed by atoms with van der Waals surface area (Å²) >= 11 is 0. The van der Waals surface area contributed by atoms with E-state index < -0.39 is 0 Å². The van der Waals surface area contributed by atoms with Crippen LogP contribution < -0.4 is 19.8 Å². The van der Waals surface area contributed by atoms with Gasteiger partial charge in [0, 0.05) is 29.6 Å². The summed E-state index contributed by atoms with van der Waals surface area (Å²) in [5.74, 6) is 2.98. The van der Waals surface area contributed by atoms with Crippen LogP contribution in [0.25, 0.3) is 10.9 Å². The van der Waals surface area contributed by atoms with Crippen molar-refractivity contribution in [2.45, 2.75) is 52.9 Å².